The molecule has 192 valence electrons. The summed E-state index contributed by atoms with van der Waals surface area (Å²) >= 11 is 0. The molecule has 0 amide bonds. The minimum atomic E-state index is -0.607. The predicted molar refractivity (Wildman–Crippen MR) is 141 cm³/mol. The molecule has 4 aromatic rings. The Morgan fingerprint density at radius 2 is 1.35 bits per heavy atom. The summed E-state index contributed by atoms with van der Waals surface area (Å²) < 4.78 is 33.0. The lowest BCUT2D eigenvalue weighted by molar-refractivity contribution is 0.0459. The van der Waals surface area contributed by atoms with Gasteiger partial charge in [-0.05, 0) is 59.7 Å². The fourth-order valence-electron chi connectivity index (χ4n) is 4.94. The maximum Gasteiger partial charge on any atom is 0.128 e. The van der Waals surface area contributed by atoms with Crippen LogP contribution in [0, 0.1) is 11.6 Å². The van der Waals surface area contributed by atoms with Crippen LogP contribution in [0.2, 0.25) is 0 Å². The van der Waals surface area contributed by atoms with Crippen LogP contribution in [0.4, 0.5) is 8.78 Å². The number of rotatable bonds is 9. The van der Waals surface area contributed by atoms with Crippen molar-refractivity contribution in [2.45, 2.75) is 12.0 Å². The summed E-state index contributed by atoms with van der Waals surface area (Å²) in [4.78, 5) is 8.97. The maximum absolute atomic E-state index is 13.5. The summed E-state index contributed by atoms with van der Waals surface area (Å²) in [7, 11) is 0. The van der Waals surface area contributed by atoms with E-state index in [9.17, 15) is 13.9 Å². The number of ether oxygens (including phenoxy) is 1. The number of piperazine rings is 1. The second-order valence-electron chi connectivity index (χ2n) is 9.55. The number of aliphatic hydroxyl groups is 1. The van der Waals surface area contributed by atoms with Crippen molar-refractivity contribution < 1.29 is 18.6 Å². The van der Waals surface area contributed by atoms with Gasteiger partial charge in [-0.1, -0.05) is 30.3 Å². The van der Waals surface area contributed by atoms with Crippen LogP contribution < -0.4 is 4.74 Å². The molecule has 0 saturated carbocycles. The zero-order chi connectivity index (χ0) is 25.6. The van der Waals surface area contributed by atoms with E-state index in [4.69, 9.17) is 4.74 Å². The number of nitrogens with zero attached hydrogens (tertiary/aromatic N) is 3. The average molecular weight is 504 g/mol. The van der Waals surface area contributed by atoms with Crippen LogP contribution in [0.25, 0.3) is 10.9 Å². The van der Waals surface area contributed by atoms with Crippen LogP contribution in [-0.2, 0) is 0 Å². The monoisotopic (exact) mass is 503 g/mol. The smallest absolute Gasteiger partial charge is 0.128 e. The molecule has 1 fully saturated rings. The second-order valence-corrected chi connectivity index (χ2v) is 9.55. The largest absolute Gasteiger partial charge is 0.490 e. The molecule has 7 heteroatoms. The van der Waals surface area contributed by atoms with Crippen LogP contribution in [0.5, 0.6) is 5.75 Å². The van der Waals surface area contributed by atoms with Crippen molar-refractivity contribution in [1.82, 2.24) is 14.8 Å². The van der Waals surface area contributed by atoms with Crippen molar-refractivity contribution >= 4 is 10.9 Å². The van der Waals surface area contributed by atoms with Gasteiger partial charge in [-0.2, -0.15) is 0 Å². The number of aromatic nitrogens is 1. The molecule has 1 aliphatic rings. The Kier molecular flexibility index (Phi) is 8.04. The van der Waals surface area contributed by atoms with E-state index in [0.717, 1.165) is 60.5 Å². The fraction of sp³-hybridized carbons (Fsp3) is 0.300. The van der Waals surface area contributed by atoms with E-state index in [1.165, 1.54) is 24.3 Å². The van der Waals surface area contributed by atoms with Gasteiger partial charge in [-0.15, -0.1) is 0 Å². The van der Waals surface area contributed by atoms with Crippen molar-refractivity contribution in [2.75, 3.05) is 45.9 Å². The Morgan fingerprint density at radius 3 is 1.97 bits per heavy atom. The van der Waals surface area contributed by atoms with Gasteiger partial charge in [-0.3, -0.25) is 14.8 Å². The van der Waals surface area contributed by atoms with E-state index in [0.29, 0.717) is 6.54 Å². The standard InChI is InChI=1S/C30H31F2N3O2/c31-24-10-6-22(7-11-24)28(23-8-12-25(32)13-9-23)20-35-17-15-34(16-18-35)19-26(36)21-37-30-5-1-4-29-27(30)3-2-14-33-29/h1-14,26,28,36H,15-21H2. The minimum absolute atomic E-state index is 0.0157. The van der Waals surface area contributed by atoms with E-state index >= 15 is 0 Å². The molecule has 2 heterocycles. The lowest BCUT2D eigenvalue weighted by Crippen LogP contribution is -2.50. The Balaban J connectivity index is 1.15. The topological polar surface area (TPSA) is 48.8 Å². The highest BCUT2D eigenvalue weighted by atomic mass is 19.1. The van der Waals surface area contributed by atoms with Gasteiger partial charge in [0.05, 0.1) is 5.52 Å². The number of pyridine rings is 1. The Hall–Kier alpha value is -3.39. The molecule has 1 N–H and O–H groups in total. The third-order valence-electron chi connectivity index (χ3n) is 6.96. The SMILES string of the molecule is OC(COc1cccc2ncccc12)CN1CCN(CC(c2ccc(F)cc2)c2ccc(F)cc2)CC1. The molecule has 1 atom stereocenters. The molecule has 0 bridgehead atoms. The van der Waals surface area contributed by atoms with E-state index in [-0.39, 0.29) is 24.2 Å². The van der Waals surface area contributed by atoms with Crippen LogP contribution in [-0.4, -0.2) is 71.9 Å². The molecule has 1 aromatic heterocycles. The van der Waals surface area contributed by atoms with Crippen molar-refractivity contribution in [2.24, 2.45) is 0 Å². The number of hydrogen-bond donors (Lipinski definition) is 1. The molecule has 0 radical (unpaired) electrons. The summed E-state index contributed by atoms with van der Waals surface area (Å²) in [6.45, 7) is 4.86. The highest BCUT2D eigenvalue weighted by molar-refractivity contribution is 5.84. The molecular weight excluding hydrogens is 472 g/mol. The predicted octanol–water partition coefficient (Wildman–Crippen LogP) is 4.70. The molecule has 3 aromatic carbocycles. The molecule has 5 rings (SSSR count). The Morgan fingerprint density at radius 1 is 0.757 bits per heavy atom. The number of hydrogen-bond acceptors (Lipinski definition) is 5. The molecule has 0 spiro atoms. The van der Waals surface area contributed by atoms with E-state index < -0.39 is 6.10 Å². The first-order valence-electron chi connectivity index (χ1n) is 12.7. The third kappa shape index (κ3) is 6.49. The Labute approximate surface area is 215 Å². The van der Waals surface area contributed by atoms with Gasteiger partial charge >= 0.3 is 0 Å². The van der Waals surface area contributed by atoms with Gasteiger partial charge in [0.2, 0.25) is 0 Å². The van der Waals surface area contributed by atoms with E-state index in [2.05, 4.69) is 14.8 Å². The molecular formula is C30H31F2N3O2. The quantitative estimate of drug-likeness (QED) is 0.359. The average Bonchev–Trinajstić information content (AvgIpc) is 2.93. The summed E-state index contributed by atoms with van der Waals surface area (Å²) in [5.41, 5.74) is 2.88. The molecule has 1 aliphatic heterocycles. The number of halogens is 2. The molecule has 5 nitrogen and oxygen atoms in total. The van der Waals surface area contributed by atoms with Crippen LogP contribution in [0.3, 0.4) is 0 Å². The van der Waals surface area contributed by atoms with Crippen molar-refractivity contribution in [3.8, 4) is 5.75 Å². The molecule has 37 heavy (non-hydrogen) atoms. The first-order valence-corrected chi connectivity index (χ1v) is 12.7. The van der Waals surface area contributed by atoms with Gasteiger partial charge in [-0.25, -0.2) is 8.78 Å². The summed E-state index contributed by atoms with van der Waals surface area (Å²) in [5.74, 6) is 0.203. The zero-order valence-corrected chi connectivity index (χ0v) is 20.6. The van der Waals surface area contributed by atoms with E-state index in [1.807, 2.05) is 54.6 Å². The van der Waals surface area contributed by atoms with E-state index in [1.54, 1.807) is 6.20 Å². The molecule has 1 saturated heterocycles. The summed E-state index contributed by atoms with van der Waals surface area (Å²) in [6, 6.07) is 22.7. The Bertz CT molecular complexity index is 1240. The zero-order valence-electron chi connectivity index (χ0n) is 20.6. The van der Waals surface area contributed by atoms with Crippen molar-refractivity contribution in [3.63, 3.8) is 0 Å². The first-order chi connectivity index (χ1) is 18.0. The van der Waals surface area contributed by atoms with Gasteiger partial charge in [0.15, 0.2) is 0 Å². The highest BCUT2D eigenvalue weighted by Crippen LogP contribution is 2.27. The summed E-state index contributed by atoms with van der Waals surface area (Å²) in [6.07, 6.45) is 1.15. The fourth-order valence-corrected chi connectivity index (χ4v) is 4.94. The van der Waals surface area contributed by atoms with Gasteiger partial charge in [0, 0.05) is 56.8 Å². The van der Waals surface area contributed by atoms with Crippen LogP contribution in [0.15, 0.2) is 85.1 Å². The van der Waals surface area contributed by atoms with Crippen molar-refractivity contribution in [1.29, 1.82) is 0 Å². The number of fused-ring (bicyclic) bond motifs is 1. The number of aliphatic hydroxyl groups excluding tert-OH is 1. The third-order valence-corrected chi connectivity index (χ3v) is 6.96. The molecule has 1 unspecified atom stereocenters. The number of β-amino-alcohol motifs (C(OH)–C–C–N with tert-alkyl or cyclic N) is 1. The van der Waals surface area contributed by atoms with Crippen LogP contribution >= 0.6 is 0 Å². The van der Waals surface area contributed by atoms with Gasteiger partial charge < -0.3 is 9.84 Å². The lowest BCUT2D eigenvalue weighted by Gasteiger charge is -2.37. The molecule has 0 aliphatic carbocycles. The number of benzene rings is 3. The highest BCUT2D eigenvalue weighted by Gasteiger charge is 2.24. The van der Waals surface area contributed by atoms with Gasteiger partial charge in [0.25, 0.3) is 0 Å². The normalized spacial score (nSPS) is 15.8. The summed E-state index contributed by atoms with van der Waals surface area (Å²) in [5, 5.41) is 11.6. The minimum Gasteiger partial charge on any atom is -0.490 e. The van der Waals surface area contributed by atoms with Crippen molar-refractivity contribution in [3.05, 3.63) is 108 Å². The first kappa shape index (κ1) is 25.3. The maximum atomic E-state index is 13.5. The van der Waals surface area contributed by atoms with Crippen LogP contribution in [0.1, 0.15) is 17.0 Å². The second kappa shape index (κ2) is 11.8. The lowest BCUT2D eigenvalue weighted by atomic mass is 9.90. The van der Waals surface area contributed by atoms with Gasteiger partial charge in [0.1, 0.15) is 30.1 Å².